The minimum Gasteiger partial charge on any atom is -0.335 e. The average molecular weight is 340 g/mol. The van der Waals surface area contributed by atoms with E-state index in [1.165, 1.54) is 0 Å². The molecule has 2 aliphatic heterocycles. The van der Waals surface area contributed by atoms with E-state index in [4.69, 9.17) is 0 Å². The molecule has 3 heterocycles. The first-order chi connectivity index (χ1) is 10.9. The second-order valence-electron chi connectivity index (χ2n) is 6.42. The van der Waals surface area contributed by atoms with Gasteiger partial charge in [-0.25, -0.2) is 12.7 Å². The standard InChI is InChI=1S/C15H24N4O3S/c1-3-23(21,22)18-8-5-15-13(10-18)9-14(19(15)12(2)20)11-17-7-4-6-16-17/h4,6-7,13-15H,3,5,8-11H2,1-2H3/t13-,14?,15+/m1/s1. The van der Waals surface area contributed by atoms with Crippen molar-refractivity contribution in [1.29, 1.82) is 0 Å². The Morgan fingerprint density at radius 2 is 2.17 bits per heavy atom. The van der Waals surface area contributed by atoms with Crippen LogP contribution in [0.2, 0.25) is 0 Å². The Kier molecular flexibility index (Phi) is 4.46. The van der Waals surface area contributed by atoms with Gasteiger partial charge < -0.3 is 4.90 Å². The van der Waals surface area contributed by atoms with Crippen LogP contribution in [0.1, 0.15) is 26.7 Å². The molecule has 0 spiro atoms. The number of rotatable bonds is 4. The molecule has 2 aliphatic rings. The van der Waals surface area contributed by atoms with Gasteiger partial charge in [-0.3, -0.25) is 9.48 Å². The van der Waals surface area contributed by atoms with Gasteiger partial charge in [-0.05, 0) is 31.7 Å². The first kappa shape index (κ1) is 16.4. The van der Waals surface area contributed by atoms with Crippen LogP contribution in [0, 0.1) is 5.92 Å². The number of likely N-dealkylation sites (tertiary alicyclic amines) is 1. The molecule has 0 N–H and O–H groups in total. The summed E-state index contributed by atoms with van der Waals surface area (Å²) in [6, 6.07) is 2.11. The van der Waals surface area contributed by atoms with Crippen molar-refractivity contribution in [3.8, 4) is 0 Å². The molecule has 0 bridgehead atoms. The number of carbonyl (C=O) groups is 1. The third-order valence-corrected chi connectivity index (χ3v) is 6.91. The lowest BCUT2D eigenvalue weighted by atomic mass is 9.93. The zero-order valence-electron chi connectivity index (χ0n) is 13.6. The number of piperidine rings is 1. The van der Waals surface area contributed by atoms with Gasteiger partial charge in [0.15, 0.2) is 0 Å². The molecular weight excluding hydrogens is 316 g/mol. The van der Waals surface area contributed by atoms with Crippen LogP contribution in [-0.4, -0.2) is 64.2 Å². The Balaban J connectivity index is 1.77. The van der Waals surface area contributed by atoms with E-state index in [2.05, 4.69) is 5.10 Å². The lowest BCUT2D eigenvalue weighted by Crippen LogP contribution is -2.50. The summed E-state index contributed by atoms with van der Waals surface area (Å²) in [4.78, 5) is 14.1. The summed E-state index contributed by atoms with van der Waals surface area (Å²) in [6.45, 7) is 4.99. The van der Waals surface area contributed by atoms with Crippen molar-refractivity contribution in [3.05, 3.63) is 18.5 Å². The fourth-order valence-electron chi connectivity index (χ4n) is 4.03. The Morgan fingerprint density at radius 3 is 2.78 bits per heavy atom. The highest BCUT2D eigenvalue weighted by atomic mass is 32.2. The predicted octanol–water partition coefficient (Wildman–Crippen LogP) is 0.544. The SMILES string of the molecule is CCS(=O)(=O)N1CC[C@H]2[C@H](CC(Cn3cccn3)N2C(C)=O)C1. The van der Waals surface area contributed by atoms with Crippen LogP contribution in [0.4, 0.5) is 0 Å². The van der Waals surface area contributed by atoms with Gasteiger partial charge in [0.2, 0.25) is 15.9 Å². The smallest absolute Gasteiger partial charge is 0.220 e. The Labute approximate surface area is 137 Å². The van der Waals surface area contributed by atoms with Gasteiger partial charge in [-0.15, -0.1) is 0 Å². The quantitative estimate of drug-likeness (QED) is 0.802. The van der Waals surface area contributed by atoms with Gasteiger partial charge in [-0.1, -0.05) is 0 Å². The Bertz CT molecular complexity index is 658. The van der Waals surface area contributed by atoms with E-state index in [9.17, 15) is 13.2 Å². The van der Waals surface area contributed by atoms with Gasteiger partial charge in [0.1, 0.15) is 0 Å². The molecule has 3 atom stereocenters. The summed E-state index contributed by atoms with van der Waals surface area (Å²) in [5, 5.41) is 4.23. The number of aromatic nitrogens is 2. The second kappa shape index (κ2) is 6.24. The van der Waals surface area contributed by atoms with Crippen LogP contribution < -0.4 is 0 Å². The summed E-state index contributed by atoms with van der Waals surface area (Å²) >= 11 is 0. The average Bonchev–Trinajstić information content (AvgIpc) is 3.13. The molecule has 0 aromatic carbocycles. The molecule has 0 saturated carbocycles. The van der Waals surface area contributed by atoms with Crippen molar-refractivity contribution < 1.29 is 13.2 Å². The zero-order chi connectivity index (χ0) is 16.6. The van der Waals surface area contributed by atoms with Crippen molar-refractivity contribution >= 4 is 15.9 Å². The van der Waals surface area contributed by atoms with Crippen molar-refractivity contribution in [2.75, 3.05) is 18.8 Å². The number of fused-ring (bicyclic) bond motifs is 1. The number of hydrogen-bond donors (Lipinski definition) is 0. The van der Waals surface area contributed by atoms with Crippen molar-refractivity contribution in [3.63, 3.8) is 0 Å². The van der Waals surface area contributed by atoms with Gasteiger partial charge in [0.25, 0.3) is 0 Å². The van der Waals surface area contributed by atoms with E-state index < -0.39 is 10.0 Å². The maximum Gasteiger partial charge on any atom is 0.220 e. The molecule has 1 unspecified atom stereocenters. The normalized spacial score (nSPS) is 28.8. The van der Waals surface area contributed by atoms with Crippen LogP contribution in [0.5, 0.6) is 0 Å². The minimum absolute atomic E-state index is 0.0708. The molecule has 0 aliphatic carbocycles. The van der Waals surface area contributed by atoms with Gasteiger partial charge >= 0.3 is 0 Å². The summed E-state index contributed by atoms with van der Waals surface area (Å²) in [5.74, 6) is 0.424. The minimum atomic E-state index is -3.15. The predicted molar refractivity (Wildman–Crippen MR) is 86.1 cm³/mol. The molecule has 8 heteroatoms. The number of carbonyl (C=O) groups excluding carboxylic acids is 1. The molecule has 1 aromatic rings. The summed E-state index contributed by atoms with van der Waals surface area (Å²) < 4.78 is 27.7. The van der Waals surface area contributed by atoms with Gasteiger partial charge in [-0.2, -0.15) is 5.10 Å². The largest absolute Gasteiger partial charge is 0.335 e. The van der Waals surface area contributed by atoms with Crippen LogP contribution in [0.3, 0.4) is 0 Å². The van der Waals surface area contributed by atoms with Crippen molar-refractivity contribution in [2.45, 2.75) is 45.3 Å². The van der Waals surface area contributed by atoms with Crippen molar-refractivity contribution in [1.82, 2.24) is 19.0 Å². The lowest BCUT2D eigenvalue weighted by Gasteiger charge is -2.37. The van der Waals surface area contributed by atoms with Crippen LogP contribution >= 0.6 is 0 Å². The molecule has 3 rings (SSSR count). The Hall–Kier alpha value is -1.41. The fraction of sp³-hybridized carbons (Fsp3) is 0.733. The molecule has 1 amide bonds. The molecule has 7 nitrogen and oxygen atoms in total. The zero-order valence-corrected chi connectivity index (χ0v) is 14.4. The number of hydrogen-bond acceptors (Lipinski definition) is 4. The highest BCUT2D eigenvalue weighted by molar-refractivity contribution is 7.89. The number of amides is 1. The number of nitrogens with zero attached hydrogens (tertiary/aromatic N) is 4. The van der Waals surface area contributed by atoms with E-state index in [0.717, 1.165) is 12.8 Å². The van der Waals surface area contributed by atoms with E-state index in [1.54, 1.807) is 24.3 Å². The Morgan fingerprint density at radius 1 is 1.39 bits per heavy atom. The second-order valence-corrected chi connectivity index (χ2v) is 8.68. The molecule has 2 fully saturated rings. The molecular formula is C15H24N4O3S. The molecule has 1 aromatic heterocycles. The van der Waals surface area contributed by atoms with Crippen LogP contribution in [-0.2, 0) is 21.4 Å². The fourth-order valence-corrected chi connectivity index (χ4v) is 5.20. The molecule has 23 heavy (non-hydrogen) atoms. The third kappa shape index (κ3) is 3.14. The number of sulfonamides is 1. The first-order valence-electron chi connectivity index (χ1n) is 8.16. The van der Waals surface area contributed by atoms with E-state index in [1.807, 2.05) is 21.8 Å². The maximum absolute atomic E-state index is 12.1. The van der Waals surface area contributed by atoms with E-state index in [-0.39, 0.29) is 29.7 Å². The van der Waals surface area contributed by atoms with Crippen molar-refractivity contribution in [2.24, 2.45) is 5.92 Å². The maximum atomic E-state index is 12.1. The third-order valence-electron chi connectivity index (χ3n) is 5.06. The molecule has 0 radical (unpaired) electrons. The monoisotopic (exact) mass is 340 g/mol. The van der Waals surface area contributed by atoms with E-state index >= 15 is 0 Å². The van der Waals surface area contributed by atoms with Crippen LogP contribution in [0.15, 0.2) is 18.5 Å². The molecule has 2 saturated heterocycles. The van der Waals surface area contributed by atoms with E-state index in [0.29, 0.717) is 19.6 Å². The van der Waals surface area contributed by atoms with Gasteiger partial charge in [0.05, 0.1) is 18.3 Å². The molecule has 128 valence electrons. The summed E-state index contributed by atoms with van der Waals surface area (Å²) in [6.07, 6.45) is 5.18. The first-order valence-corrected chi connectivity index (χ1v) is 9.77. The van der Waals surface area contributed by atoms with Gasteiger partial charge in [0, 0.05) is 38.4 Å². The lowest BCUT2D eigenvalue weighted by molar-refractivity contribution is -0.132. The highest BCUT2D eigenvalue weighted by Gasteiger charge is 2.46. The summed E-state index contributed by atoms with van der Waals surface area (Å²) in [5.41, 5.74) is 0. The highest BCUT2D eigenvalue weighted by Crippen LogP contribution is 2.37. The van der Waals surface area contributed by atoms with Crippen LogP contribution in [0.25, 0.3) is 0 Å². The topological polar surface area (TPSA) is 75.5 Å². The summed E-state index contributed by atoms with van der Waals surface area (Å²) in [7, 11) is -3.15.